The minimum Gasteiger partial charge on any atom is -0.384 e. The second-order valence-corrected chi connectivity index (χ2v) is 8.85. The Bertz CT molecular complexity index is 526. The average Bonchev–Trinajstić information content (AvgIpc) is 3.19. The quantitative estimate of drug-likeness (QED) is 0.662. The highest BCUT2D eigenvalue weighted by Gasteiger charge is 2.46. The van der Waals surface area contributed by atoms with Crippen molar-refractivity contribution in [3.8, 4) is 0 Å². The molecule has 0 radical (unpaired) electrons. The highest BCUT2D eigenvalue weighted by Crippen LogP contribution is 2.35. The van der Waals surface area contributed by atoms with Crippen LogP contribution in [0.1, 0.15) is 38.5 Å². The molecule has 3 fully saturated rings. The van der Waals surface area contributed by atoms with E-state index in [1.54, 1.807) is 14.2 Å². The van der Waals surface area contributed by atoms with Crippen LogP contribution in [0.4, 0.5) is 0 Å². The monoisotopic (exact) mass is 431 g/mol. The molecule has 0 bridgehead atoms. The first-order valence-electron chi connectivity index (χ1n) is 10.8. The molecule has 0 aromatic rings. The zero-order chi connectivity index (χ0) is 20.0. The van der Waals surface area contributed by atoms with Crippen LogP contribution in [0.3, 0.4) is 0 Å². The lowest BCUT2D eigenvalue weighted by Gasteiger charge is -2.39. The number of methoxy groups -OCH3 is 2. The standard InChI is InChI=1S/C21H37N3O4.ClH/c1-27-14-17-3-9-23(10-4-17)19(25)13-21(7-8-22-16-21)20(26)24-11-5-18(6-12-24)15-28-2;/h17-18,22H,3-16H2,1-2H3;1H. The van der Waals surface area contributed by atoms with E-state index < -0.39 is 5.41 Å². The predicted octanol–water partition coefficient (Wildman–Crippen LogP) is 1.55. The summed E-state index contributed by atoms with van der Waals surface area (Å²) in [6.07, 6.45) is 5.06. The van der Waals surface area contributed by atoms with E-state index in [0.717, 1.165) is 78.0 Å². The highest BCUT2D eigenvalue weighted by molar-refractivity contribution is 5.89. The van der Waals surface area contributed by atoms with E-state index in [9.17, 15) is 9.59 Å². The zero-order valence-electron chi connectivity index (χ0n) is 18.0. The van der Waals surface area contributed by atoms with Crippen molar-refractivity contribution in [2.75, 3.05) is 66.7 Å². The predicted molar refractivity (Wildman–Crippen MR) is 114 cm³/mol. The molecule has 0 spiro atoms. The van der Waals surface area contributed by atoms with Gasteiger partial charge in [-0.1, -0.05) is 0 Å². The van der Waals surface area contributed by atoms with Crippen LogP contribution in [0.5, 0.6) is 0 Å². The second-order valence-electron chi connectivity index (χ2n) is 8.85. The molecule has 3 rings (SSSR count). The van der Waals surface area contributed by atoms with Crippen molar-refractivity contribution in [3.63, 3.8) is 0 Å². The van der Waals surface area contributed by atoms with Gasteiger partial charge >= 0.3 is 0 Å². The fraction of sp³-hybridized carbons (Fsp3) is 0.905. The topological polar surface area (TPSA) is 71.1 Å². The smallest absolute Gasteiger partial charge is 0.230 e. The van der Waals surface area contributed by atoms with Crippen molar-refractivity contribution in [1.29, 1.82) is 0 Å². The van der Waals surface area contributed by atoms with Crippen LogP contribution in [0.15, 0.2) is 0 Å². The van der Waals surface area contributed by atoms with Crippen molar-refractivity contribution in [2.24, 2.45) is 17.3 Å². The van der Waals surface area contributed by atoms with Gasteiger partial charge in [-0.2, -0.15) is 0 Å². The zero-order valence-corrected chi connectivity index (χ0v) is 18.8. The first-order chi connectivity index (χ1) is 13.6. The summed E-state index contributed by atoms with van der Waals surface area (Å²) in [6, 6.07) is 0. The molecule has 1 unspecified atom stereocenters. The van der Waals surface area contributed by atoms with Gasteiger partial charge in [0.25, 0.3) is 0 Å². The van der Waals surface area contributed by atoms with E-state index in [-0.39, 0.29) is 24.2 Å². The number of ether oxygens (including phenoxy) is 2. The summed E-state index contributed by atoms with van der Waals surface area (Å²) in [5.41, 5.74) is -0.561. The molecular formula is C21H38ClN3O4. The third-order valence-corrected chi connectivity index (χ3v) is 6.86. The highest BCUT2D eigenvalue weighted by atomic mass is 35.5. The van der Waals surface area contributed by atoms with E-state index in [1.807, 2.05) is 9.80 Å². The number of halogens is 1. The lowest BCUT2D eigenvalue weighted by Crippen LogP contribution is -2.51. The van der Waals surface area contributed by atoms with Crippen molar-refractivity contribution in [2.45, 2.75) is 38.5 Å². The van der Waals surface area contributed by atoms with Crippen LogP contribution in [0.2, 0.25) is 0 Å². The van der Waals surface area contributed by atoms with E-state index >= 15 is 0 Å². The van der Waals surface area contributed by atoms with Crippen LogP contribution in [-0.4, -0.2) is 88.3 Å². The number of hydrogen-bond donors (Lipinski definition) is 1. The maximum absolute atomic E-state index is 13.4. The molecule has 1 atom stereocenters. The SMILES string of the molecule is COCC1CCN(C(=O)CC2(C(=O)N3CCC(COC)CC3)CCNC2)CC1.Cl. The van der Waals surface area contributed by atoms with E-state index in [0.29, 0.717) is 24.8 Å². The summed E-state index contributed by atoms with van der Waals surface area (Å²) in [5.74, 6) is 1.41. The number of piperidine rings is 2. The molecule has 0 aromatic carbocycles. The minimum atomic E-state index is -0.561. The Labute approximate surface area is 181 Å². The van der Waals surface area contributed by atoms with Crippen LogP contribution in [0, 0.1) is 17.3 Å². The van der Waals surface area contributed by atoms with E-state index in [4.69, 9.17) is 9.47 Å². The molecule has 3 aliphatic rings. The van der Waals surface area contributed by atoms with Gasteiger partial charge in [0, 0.05) is 66.6 Å². The molecule has 3 heterocycles. The molecular weight excluding hydrogens is 394 g/mol. The summed E-state index contributed by atoms with van der Waals surface area (Å²) in [7, 11) is 3.47. The first kappa shape index (κ1) is 24.4. The number of hydrogen-bond acceptors (Lipinski definition) is 5. The fourth-order valence-electron chi connectivity index (χ4n) is 5.01. The Morgan fingerprint density at radius 2 is 1.45 bits per heavy atom. The second kappa shape index (κ2) is 11.5. The largest absolute Gasteiger partial charge is 0.384 e. The van der Waals surface area contributed by atoms with Crippen LogP contribution < -0.4 is 5.32 Å². The van der Waals surface area contributed by atoms with Crippen LogP contribution >= 0.6 is 12.4 Å². The van der Waals surface area contributed by atoms with Gasteiger partial charge in [-0.25, -0.2) is 0 Å². The summed E-state index contributed by atoms with van der Waals surface area (Å²) in [4.78, 5) is 30.4. The van der Waals surface area contributed by atoms with Gasteiger partial charge < -0.3 is 24.6 Å². The molecule has 2 amide bonds. The molecule has 0 aliphatic carbocycles. The lowest BCUT2D eigenvalue weighted by molar-refractivity contribution is -0.149. The normalized spacial score (nSPS) is 26.4. The van der Waals surface area contributed by atoms with Gasteiger partial charge in [-0.3, -0.25) is 9.59 Å². The molecule has 29 heavy (non-hydrogen) atoms. The number of amides is 2. The van der Waals surface area contributed by atoms with Gasteiger partial charge in [0.05, 0.1) is 5.41 Å². The minimum absolute atomic E-state index is 0. The number of nitrogens with zero attached hydrogens (tertiary/aromatic N) is 2. The Balaban J connectivity index is 0.00000300. The van der Waals surface area contributed by atoms with E-state index in [1.165, 1.54) is 0 Å². The van der Waals surface area contributed by atoms with Gasteiger partial charge in [-0.15, -0.1) is 12.4 Å². The van der Waals surface area contributed by atoms with Gasteiger partial charge in [0.15, 0.2) is 0 Å². The van der Waals surface area contributed by atoms with Crippen molar-refractivity contribution in [3.05, 3.63) is 0 Å². The lowest BCUT2D eigenvalue weighted by atomic mass is 9.80. The molecule has 8 heteroatoms. The molecule has 0 saturated carbocycles. The van der Waals surface area contributed by atoms with Gasteiger partial charge in [-0.05, 0) is 50.5 Å². The molecule has 1 N–H and O–H groups in total. The number of carbonyl (C=O) groups is 2. The third kappa shape index (κ3) is 6.06. The summed E-state index contributed by atoms with van der Waals surface area (Å²) in [6.45, 7) is 6.11. The van der Waals surface area contributed by atoms with Crippen molar-refractivity contribution >= 4 is 24.2 Å². The Hall–Kier alpha value is -0.890. The average molecular weight is 432 g/mol. The summed E-state index contributed by atoms with van der Waals surface area (Å²) in [5, 5.41) is 3.34. The summed E-state index contributed by atoms with van der Waals surface area (Å²) >= 11 is 0. The van der Waals surface area contributed by atoms with Crippen molar-refractivity contribution in [1.82, 2.24) is 15.1 Å². The van der Waals surface area contributed by atoms with Crippen LogP contribution in [0.25, 0.3) is 0 Å². The fourth-order valence-corrected chi connectivity index (χ4v) is 5.01. The van der Waals surface area contributed by atoms with E-state index in [2.05, 4.69) is 5.32 Å². The van der Waals surface area contributed by atoms with Crippen molar-refractivity contribution < 1.29 is 19.1 Å². The Kier molecular flexibility index (Phi) is 9.66. The number of rotatable bonds is 7. The van der Waals surface area contributed by atoms with Gasteiger partial charge in [0.2, 0.25) is 11.8 Å². The number of likely N-dealkylation sites (tertiary alicyclic amines) is 2. The molecule has 7 nitrogen and oxygen atoms in total. The maximum Gasteiger partial charge on any atom is 0.230 e. The maximum atomic E-state index is 13.4. The molecule has 0 aromatic heterocycles. The first-order valence-corrected chi connectivity index (χ1v) is 10.8. The Morgan fingerprint density at radius 3 is 1.90 bits per heavy atom. The van der Waals surface area contributed by atoms with Gasteiger partial charge in [0.1, 0.15) is 0 Å². The molecule has 3 saturated heterocycles. The summed E-state index contributed by atoms with van der Waals surface area (Å²) < 4.78 is 10.5. The number of nitrogens with one attached hydrogen (secondary N) is 1. The van der Waals surface area contributed by atoms with Crippen LogP contribution in [-0.2, 0) is 19.1 Å². The third-order valence-electron chi connectivity index (χ3n) is 6.86. The molecule has 168 valence electrons. The number of carbonyl (C=O) groups excluding carboxylic acids is 2. The Morgan fingerprint density at radius 1 is 0.931 bits per heavy atom. The molecule has 3 aliphatic heterocycles.